The number of furan rings is 1. The Hall–Kier alpha value is -6.43. The normalized spacial score (nSPS) is 11.6. The first-order chi connectivity index (χ1) is 24.8. The lowest BCUT2D eigenvalue weighted by atomic mass is 9.94. The number of thiophene rings is 1. The van der Waals surface area contributed by atoms with Crippen LogP contribution in [-0.2, 0) is 0 Å². The average molecular weight is 658 g/mol. The first-order valence-corrected chi connectivity index (χ1v) is 17.4. The highest BCUT2D eigenvalue weighted by atomic mass is 32.1. The van der Waals surface area contributed by atoms with Crippen LogP contribution >= 0.6 is 11.3 Å². The lowest BCUT2D eigenvalue weighted by molar-refractivity contribution is 0.670. The standard InChI is InChI=1S/C45H27N3OS/c1-2-10-29(11-3-1)45-47-38(33-13-5-4-12-31(33)28-22-24-46-25-23-28)27-39(48-45)35-20-19-32(44-43(35)36-15-6-8-16-40(36)49-44)30-18-21-42-37(26-30)34-14-7-9-17-41(34)50-42/h1-27H. The first-order valence-electron chi connectivity index (χ1n) is 16.6. The molecule has 6 aromatic carbocycles. The van der Waals surface area contributed by atoms with Gasteiger partial charge in [0.2, 0.25) is 0 Å². The van der Waals surface area contributed by atoms with Gasteiger partial charge < -0.3 is 4.42 Å². The maximum atomic E-state index is 6.74. The van der Waals surface area contributed by atoms with Crippen LogP contribution in [0, 0.1) is 0 Å². The van der Waals surface area contributed by atoms with Gasteiger partial charge in [-0.1, -0.05) is 103 Å². The Morgan fingerprint density at radius 3 is 1.98 bits per heavy atom. The Kier molecular flexibility index (Phi) is 6.64. The molecule has 0 saturated heterocycles. The molecule has 50 heavy (non-hydrogen) atoms. The Bertz CT molecular complexity index is 2870. The van der Waals surface area contributed by atoms with Crippen molar-refractivity contribution in [2.75, 3.05) is 0 Å². The van der Waals surface area contributed by atoms with Gasteiger partial charge in [-0.2, -0.15) is 0 Å². The first kappa shape index (κ1) is 28.6. The molecule has 0 radical (unpaired) electrons. The van der Waals surface area contributed by atoms with Crippen molar-refractivity contribution in [3.05, 3.63) is 164 Å². The Morgan fingerprint density at radius 2 is 1.12 bits per heavy atom. The molecule has 0 aliphatic heterocycles. The fourth-order valence-electron chi connectivity index (χ4n) is 7.09. The number of benzene rings is 6. The molecule has 0 spiro atoms. The van der Waals surface area contributed by atoms with Gasteiger partial charge in [-0.3, -0.25) is 4.98 Å². The second kappa shape index (κ2) is 11.6. The maximum absolute atomic E-state index is 6.74. The van der Waals surface area contributed by atoms with Crippen LogP contribution in [0.25, 0.3) is 98.3 Å². The van der Waals surface area contributed by atoms with E-state index in [0.29, 0.717) is 5.82 Å². The summed E-state index contributed by atoms with van der Waals surface area (Å²) in [6.07, 6.45) is 3.65. The van der Waals surface area contributed by atoms with Crippen molar-refractivity contribution in [3.63, 3.8) is 0 Å². The van der Waals surface area contributed by atoms with Crippen LogP contribution in [0.2, 0.25) is 0 Å². The summed E-state index contributed by atoms with van der Waals surface area (Å²) in [5, 5.41) is 4.64. The van der Waals surface area contributed by atoms with Gasteiger partial charge in [0, 0.05) is 65.6 Å². The summed E-state index contributed by atoms with van der Waals surface area (Å²) < 4.78 is 9.31. The predicted molar refractivity (Wildman–Crippen MR) is 207 cm³/mol. The zero-order chi connectivity index (χ0) is 33.0. The summed E-state index contributed by atoms with van der Waals surface area (Å²) in [7, 11) is 0. The summed E-state index contributed by atoms with van der Waals surface area (Å²) in [5.41, 5.74) is 10.7. The van der Waals surface area contributed by atoms with E-state index in [1.807, 2.05) is 66.2 Å². The Labute approximate surface area is 292 Å². The molecule has 10 aromatic rings. The molecule has 0 aliphatic rings. The van der Waals surface area contributed by atoms with Crippen LogP contribution in [-0.4, -0.2) is 15.0 Å². The number of para-hydroxylation sites is 1. The third-order valence-corrected chi connectivity index (χ3v) is 10.6. The van der Waals surface area contributed by atoms with E-state index in [1.54, 1.807) is 0 Å². The van der Waals surface area contributed by atoms with Gasteiger partial charge >= 0.3 is 0 Å². The molecule has 4 aromatic heterocycles. The van der Waals surface area contributed by atoms with Crippen molar-refractivity contribution < 1.29 is 4.42 Å². The zero-order valence-corrected chi connectivity index (χ0v) is 27.6. The van der Waals surface area contributed by atoms with Crippen molar-refractivity contribution in [3.8, 4) is 56.2 Å². The van der Waals surface area contributed by atoms with E-state index in [4.69, 9.17) is 14.4 Å². The maximum Gasteiger partial charge on any atom is 0.160 e. The summed E-state index contributed by atoms with van der Waals surface area (Å²) in [4.78, 5) is 14.7. The van der Waals surface area contributed by atoms with Crippen molar-refractivity contribution in [2.24, 2.45) is 0 Å². The van der Waals surface area contributed by atoms with Gasteiger partial charge in [0.1, 0.15) is 11.2 Å². The molecule has 4 nitrogen and oxygen atoms in total. The highest BCUT2D eigenvalue weighted by molar-refractivity contribution is 7.25. The minimum absolute atomic E-state index is 0.669. The summed E-state index contributed by atoms with van der Waals surface area (Å²) in [6.45, 7) is 0. The van der Waals surface area contributed by atoms with Crippen molar-refractivity contribution >= 4 is 53.4 Å². The molecular weight excluding hydrogens is 631 g/mol. The van der Waals surface area contributed by atoms with E-state index in [1.165, 1.54) is 20.2 Å². The highest BCUT2D eigenvalue weighted by Gasteiger charge is 2.21. The second-order valence-electron chi connectivity index (χ2n) is 12.4. The fraction of sp³-hybridized carbons (Fsp3) is 0. The topological polar surface area (TPSA) is 51.8 Å². The van der Waals surface area contributed by atoms with Crippen LogP contribution in [0.5, 0.6) is 0 Å². The molecule has 10 rings (SSSR count). The van der Waals surface area contributed by atoms with Gasteiger partial charge in [-0.15, -0.1) is 11.3 Å². The molecule has 4 heterocycles. The van der Waals surface area contributed by atoms with Crippen LogP contribution < -0.4 is 0 Å². The lowest BCUT2D eigenvalue weighted by Crippen LogP contribution is -1.97. The van der Waals surface area contributed by atoms with E-state index < -0.39 is 0 Å². The Morgan fingerprint density at radius 1 is 0.440 bits per heavy atom. The van der Waals surface area contributed by atoms with Crippen LogP contribution in [0.3, 0.4) is 0 Å². The molecule has 0 aliphatic carbocycles. The molecule has 0 N–H and O–H groups in total. The summed E-state index contributed by atoms with van der Waals surface area (Å²) in [6, 6.07) is 52.8. The van der Waals surface area contributed by atoms with E-state index in [-0.39, 0.29) is 0 Å². The van der Waals surface area contributed by atoms with Gasteiger partial charge in [-0.25, -0.2) is 9.97 Å². The number of fused-ring (bicyclic) bond motifs is 6. The quantitative estimate of drug-likeness (QED) is 0.185. The minimum atomic E-state index is 0.669. The molecule has 0 bridgehead atoms. The lowest BCUT2D eigenvalue weighted by Gasteiger charge is -2.14. The van der Waals surface area contributed by atoms with E-state index in [2.05, 4.69) is 114 Å². The van der Waals surface area contributed by atoms with Crippen molar-refractivity contribution in [2.45, 2.75) is 0 Å². The number of rotatable bonds is 5. The number of hydrogen-bond acceptors (Lipinski definition) is 5. The molecule has 0 unspecified atom stereocenters. The largest absolute Gasteiger partial charge is 0.455 e. The minimum Gasteiger partial charge on any atom is -0.455 e. The Balaban J connectivity index is 1.23. The van der Waals surface area contributed by atoms with Crippen LogP contribution in [0.15, 0.2) is 168 Å². The molecule has 0 fully saturated rings. The molecule has 234 valence electrons. The summed E-state index contributed by atoms with van der Waals surface area (Å²) in [5.74, 6) is 0.669. The molecule has 0 amide bonds. The average Bonchev–Trinajstić information content (AvgIpc) is 3.77. The second-order valence-corrected chi connectivity index (χ2v) is 13.5. The highest BCUT2D eigenvalue weighted by Crippen LogP contribution is 2.44. The molecule has 0 saturated carbocycles. The smallest absolute Gasteiger partial charge is 0.160 e. The number of pyridine rings is 1. The monoisotopic (exact) mass is 657 g/mol. The van der Waals surface area contributed by atoms with Gasteiger partial charge in [0.05, 0.1) is 11.4 Å². The van der Waals surface area contributed by atoms with E-state index >= 15 is 0 Å². The van der Waals surface area contributed by atoms with Gasteiger partial charge in [0.25, 0.3) is 0 Å². The molecule has 0 atom stereocenters. The van der Waals surface area contributed by atoms with Gasteiger partial charge in [0.15, 0.2) is 5.82 Å². The van der Waals surface area contributed by atoms with E-state index in [9.17, 15) is 0 Å². The number of hydrogen-bond donors (Lipinski definition) is 0. The zero-order valence-electron chi connectivity index (χ0n) is 26.7. The molecular formula is C45H27N3OS. The SMILES string of the molecule is c1ccc(-c2nc(-c3ccccc3-c3ccncc3)cc(-c3ccc(-c4ccc5sc6ccccc6c5c4)c4oc5ccccc5c34)n2)cc1. The number of nitrogens with zero attached hydrogens (tertiary/aromatic N) is 3. The van der Waals surface area contributed by atoms with E-state index in [0.717, 1.165) is 72.3 Å². The van der Waals surface area contributed by atoms with Gasteiger partial charge in [-0.05, 0) is 65.2 Å². The van der Waals surface area contributed by atoms with Crippen LogP contribution in [0.4, 0.5) is 0 Å². The third-order valence-electron chi connectivity index (χ3n) is 9.44. The van der Waals surface area contributed by atoms with Crippen molar-refractivity contribution in [1.82, 2.24) is 15.0 Å². The predicted octanol–water partition coefficient (Wildman–Crippen LogP) is 12.5. The number of aromatic nitrogens is 3. The summed E-state index contributed by atoms with van der Waals surface area (Å²) >= 11 is 1.83. The van der Waals surface area contributed by atoms with Crippen molar-refractivity contribution in [1.29, 1.82) is 0 Å². The van der Waals surface area contributed by atoms with Crippen LogP contribution in [0.1, 0.15) is 0 Å². The molecule has 5 heteroatoms. The fourth-order valence-corrected chi connectivity index (χ4v) is 8.18. The third kappa shape index (κ3) is 4.71.